The second-order valence-corrected chi connectivity index (χ2v) is 8.82. The van der Waals surface area contributed by atoms with Crippen molar-refractivity contribution in [2.75, 3.05) is 46.8 Å². The standard InChI is InChI=1S/C24H41N5O/c1-6-25-24(27-18-22(16-19(2)3)29-14-7-8-15-29)26-13-12-20-10-9-11-21(17-20)23(30)28(4)5/h9-11,17,19,22H,6-8,12-16,18H2,1-5H3,(H2,25,26,27). The first-order chi connectivity index (χ1) is 14.4. The highest BCUT2D eigenvalue weighted by Crippen LogP contribution is 2.18. The molecule has 0 radical (unpaired) electrons. The normalized spacial score (nSPS) is 16.0. The fraction of sp³-hybridized carbons (Fsp3) is 0.667. The van der Waals surface area contributed by atoms with Gasteiger partial charge in [-0.3, -0.25) is 14.7 Å². The first kappa shape index (κ1) is 24.2. The molecule has 2 rings (SSSR count). The van der Waals surface area contributed by atoms with E-state index in [1.165, 1.54) is 32.4 Å². The Hall–Kier alpha value is -2.08. The molecule has 2 N–H and O–H groups in total. The third-order valence-electron chi connectivity index (χ3n) is 5.49. The van der Waals surface area contributed by atoms with E-state index in [9.17, 15) is 4.79 Å². The highest BCUT2D eigenvalue weighted by molar-refractivity contribution is 5.94. The average Bonchev–Trinajstić information content (AvgIpc) is 3.25. The lowest BCUT2D eigenvalue weighted by atomic mass is 10.0. The number of nitrogens with zero attached hydrogens (tertiary/aromatic N) is 3. The Kier molecular flexibility index (Phi) is 10.1. The van der Waals surface area contributed by atoms with Crippen molar-refractivity contribution in [2.24, 2.45) is 10.9 Å². The van der Waals surface area contributed by atoms with E-state index in [0.717, 1.165) is 43.1 Å². The summed E-state index contributed by atoms with van der Waals surface area (Å²) < 4.78 is 0. The van der Waals surface area contributed by atoms with Gasteiger partial charge in [0, 0.05) is 38.8 Å². The zero-order valence-electron chi connectivity index (χ0n) is 19.6. The lowest BCUT2D eigenvalue weighted by Gasteiger charge is -2.28. The molecule has 1 aromatic carbocycles. The molecule has 1 saturated heterocycles. The van der Waals surface area contributed by atoms with Gasteiger partial charge in [-0.15, -0.1) is 0 Å². The first-order valence-corrected chi connectivity index (χ1v) is 11.5. The quantitative estimate of drug-likeness (QED) is 0.456. The molecule has 0 aromatic heterocycles. The van der Waals surface area contributed by atoms with Crippen LogP contribution in [0.3, 0.4) is 0 Å². The molecule has 0 bridgehead atoms. The summed E-state index contributed by atoms with van der Waals surface area (Å²) in [6.45, 7) is 11.6. The van der Waals surface area contributed by atoms with Gasteiger partial charge in [-0.25, -0.2) is 0 Å². The van der Waals surface area contributed by atoms with Crippen LogP contribution in [0.2, 0.25) is 0 Å². The van der Waals surface area contributed by atoms with Crippen molar-refractivity contribution in [3.05, 3.63) is 35.4 Å². The number of guanidine groups is 1. The molecule has 6 heteroatoms. The fourth-order valence-electron chi connectivity index (χ4n) is 3.97. The zero-order chi connectivity index (χ0) is 21.9. The number of carbonyl (C=O) groups is 1. The van der Waals surface area contributed by atoms with Crippen LogP contribution in [-0.4, -0.2) is 74.5 Å². The summed E-state index contributed by atoms with van der Waals surface area (Å²) in [5, 5.41) is 6.84. The van der Waals surface area contributed by atoms with Crippen molar-refractivity contribution < 1.29 is 4.79 Å². The number of amides is 1. The minimum Gasteiger partial charge on any atom is -0.357 e. The Labute approximate surface area is 183 Å². The molecule has 1 aromatic rings. The van der Waals surface area contributed by atoms with Gasteiger partial charge < -0.3 is 15.5 Å². The van der Waals surface area contributed by atoms with Gasteiger partial charge in [-0.1, -0.05) is 26.0 Å². The maximum absolute atomic E-state index is 12.2. The largest absolute Gasteiger partial charge is 0.357 e. The summed E-state index contributed by atoms with van der Waals surface area (Å²) in [4.78, 5) is 21.3. The minimum absolute atomic E-state index is 0.0396. The Morgan fingerprint density at radius 1 is 1.20 bits per heavy atom. The van der Waals surface area contributed by atoms with Crippen LogP contribution in [0, 0.1) is 5.92 Å². The van der Waals surface area contributed by atoms with E-state index >= 15 is 0 Å². The molecule has 0 aliphatic carbocycles. The van der Waals surface area contributed by atoms with Gasteiger partial charge in [0.25, 0.3) is 5.91 Å². The Morgan fingerprint density at radius 3 is 2.57 bits per heavy atom. The van der Waals surface area contributed by atoms with Crippen LogP contribution in [0.4, 0.5) is 0 Å². The van der Waals surface area contributed by atoms with Gasteiger partial charge in [0.15, 0.2) is 5.96 Å². The molecule has 0 saturated carbocycles. The van der Waals surface area contributed by atoms with Crippen LogP contribution in [0.15, 0.2) is 29.3 Å². The molecule has 1 fully saturated rings. The van der Waals surface area contributed by atoms with Crippen molar-refractivity contribution in [1.82, 2.24) is 20.4 Å². The maximum atomic E-state index is 12.2. The van der Waals surface area contributed by atoms with Crippen molar-refractivity contribution in [1.29, 1.82) is 0 Å². The van der Waals surface area contributed by atoms with Crippen LogP contribution in [-0.2, 0) is 6.42 Å². The van der Waals surface area contributed by atoms with E-state index in [-0.39, 0.29) is 5.91 Å². The smallest absolute Gasteiger partial charge is 0.253 e. The molecule has 30 heavy (non-hydrogen) atoms. The lowest BCUT2D eigenvalue weighted by molar-refractivity contribution is 0.0827. The number of benzene rings is 1. The van der Waals surface area contributed by atoms with E-state index in [1.807, 2.05) is 18.2 Å². The van der Waals surface area contributed by atoms with Crippen LogP contribution < -0.4 is 10.6 Å². The molecule has 1 aliphatic rings. The highest BCUT2D eigenvalue weighted by Gasteiger charge is 2.22. The van der Waals surface area contributed by atoms with Gasteiger partial charge >= 0.3 is 0 Å². The minimum atomic E-state index is 0.0396. The zero-order valence-corrected chi connectivity index (χ0v) is 19.6. The Morgan fingerprint density at radius 2 is 1.93 bits per heavy atom. The van der Waals surface area contributed by atoms with Crippen LogP contribution in [0.25, 0.3) is 0 Å². The molecule has 0 spiro atoms. The second kappa shape index (κ2) is 12.6. The number of hydrogen-bond donors (Lipinski definition) is 2. The summed E-state index contributed by atoms with van der Waals surface area (Å²) in [6, 6.07) is 8.41. The lowest BCUT2D eigenvalue weighted by Crippen LogP contribution is -2.41. The van der Waals surface area contributed by atoms with E-state index in [4.69, 9.17) is 4.99 Å². The van der Waals surface area contributed by atoms with Crippen LogP contribution in [0.1, 0.15) is 56.0 Å². The van der Waals surface area contributed by atoms with Crippen molar-refractivity contribution in [3.63, 3.8) is 0 Å². The molecule has 6 nitrogen and oxygen atoms in total. The summed E-state index contributed by atoms with van der Waals surface area (Å²) in [7, 11) is 3.56. The topological polar surface area (TPSA) is 60.0 Å². The maximum Gasteiger partial charge on any atom is 0.253 e. The third kappa shape index (κ3) is 7.98. The Balaban J connectivity index is 1.93. The average molecular weight is 416 g/mol. The van der Waals surface area contributed by atoms with Crippen LogP contribution >= 0.6 is 0 Å². The molecule has 1 amide bonds. The summed E-state index contributed by atoms with van der Waals surface area (Å²) in [5.41, 5.74) is 1.89. The monoisotopic (exact) mass is 415 g/mol. The predicted octanol–water partition coefficient (Wildman–Crippen LogP) is 3.00. The number of aliphatic imine (C=N–C) groups is 1. The first-order valence-electron chi connectivity index (χ1n) is 11.5. The number of carbonyl (C=O) groups excluding carboxylic acids is 1. The molecule has 1 unspecified atom stereocenters. The summed E-state index contributed by atoms with van der Waals surface area (Å²) in [5.74, 6) is 1.60. The number of hydrogen-bond acceptors (Lipinski definition) is 3. The molecule has 168 valence electrons. The number of rotatable bonds is 10. The SMILES string of the molecule is CCNC(=NCC(CC(C)C)N1CCCC1)NCCc1cccc(C(=O)N(C)C)c1. The third-order valence-corrected chi connectivity index (χ3v) is 5.49. The van der Waals surface area contributed by atoms with Crippen molar-refractivity contribution in [3.8, 4) is 0 Å². The van der Waals surface area contributed by atoms with E-state index in [1.54, 1.807) is 19.0 Å². The second-order valence-electron chi connectivity index (χ2n) is 8.82. The predicted molar refractivity (Wildman–Crippen MR) is 126 cm³/mol. The van der Waals surface area contributed by atoms with E-state index < -0.39 is 0 Å². The summed E-state index contributed by atoms with van der Waals surface area (Å²) >= 11 is 0. The number of nitrogens with one attached hydrogen (secondary N) is 2. The number of likely N-dealkylation sites (tertiary alicyclic amines) is 1. The van der Waals surface area contributed by atoms with Gasteiger partial charge in [-0.05, 0) is 69.3 Å². The van der Waals surface area contributed by atoms with Crippen LogP contribution in [0.5, 0.6) is 0 Å². The van der Waals surface area contributed by atoms with Gasteiger partial charge in [0.05, 0.1) is 6.54 Å². The van der Waals surface area contributed by atoms with Gasteiger partial charge in [-0.2, -0.15) is 0 Å². The van der Waals surface area contributed by atoms with E-state index in [0.29, 0.717) is 12.0 Å². The van der Waals surface area contributed by atoms with Gasteiger partial charge in [0.2, 0.25) is 0 Å². The molecular formula is C24H41N5O. The highest BCUT2D eigenvalue weighted by atomic mass is 16.2. The molecule has 1 aliphatic heterocycles. The van der Waals surface area contributed by atoms with Crippen molar-refractivity contribution >= 4 is 11.9 Å². The fourth-order valence-corrected chi connectivity index (χ4v) is 3.97. The van der Waals surface area contributed by atoms with E-state index in [2.05, 4.69) is 42.4 Å². The van der Waals surface area contributed by atoms with Crippen molar-refractivity contribution in [2.45, 2.75) is 52.5 Å². The molecular weight excluding hydrogens is 374 g/mol. The Bertz CT molecular complexity index is 680. The molecule has 1 atom stereocenters. The molecule has 1 heterocycles. The summed E-state index contributed by atoms with van der Waals surface area (Å²) in [6.07, 6.45) is 4.66. The van der Waals surface area contributed by atoms with Gasteiger partial charge in [0.1, 0.15) is 0 Å².